The van der Waals surface area contributed by atoms with Gasteiger partial charge in [0.1, 0.15) is 0 Å². The van der Waals surface area contributed by atoms with Gasteiger partial charge in [-0.05, 0) is 12.5 Å². The molecular formula is C11H14. The van der Waals surface area contributed by atoms with Crippen LogP contribution in [0.5, 0.6) is 0 Å². The summed E-state index contributed by atoms with van der Waals surface area (Å²) >= 11 is 0. The number of allylic oxidation sites excluding steroid dienone is 8. The highest BCUT2D eigenvalue weighted by Crippen LogP contribution is 1.98. The average molecular weight is 146 g/mol. The van der Waals surface area contributed by atoms with Gasteiger partial charge in [0.2, 0.25) is 0 Å². The van der Waals surface area contributed by atoms with E-state index < -0.39 is 0 Å². The largest absolute Gasteiger partial charge is 0.0991 e. The van der Waals surface area contributed by atoms with Crippen molar-refractivity contribution in [1.82, 2.24) is 0 Å². The summed E-state index contributed by atoms with van der Waals surface area (Å²) < 4.78 is 0. The fourth-order valence-electron chi connectivity index (χ4n) is 0.606. The Bertz CT molecular complexity index is 182. The second-order valence-corrected chi connectivity index (χ2v) is 1.98. The van der Waals surface area contributed by atoms with Gasteiger partial charge in [-0.3, -0.25) is 0 Å². The fourth-order valence-corrected chi connectivity index (χ4v) is 0.606. The Morgan fingerprint density at radius 3 is 1.73 bits per heavy atom. The molecule has 0 nitrogen and oxygen atoms in total. The molecule has 0 bridgehead atoms. The molecule has 0 spiro atoms. The predicted molar refractivity (Wildman–Crippen MR) is 52.4 cm³/mol. The van der Waals surface area contributed by atoms with Gasteiger partial charge in [0.15, 0.2) is 0 Å². The van der Waals surface area contributed by atoms with Crippen LogP contribution in [0, 0.1) is 0 Å². The van der Waals surface area contributed by atoms with Crippen LogP contribution in [0.3, 0.4) is 0 Å². The van der Waals surface area contributed by atoms with Gasteiger partial charge in [-0.1, -0.05) is 55.7 Å². The van der Waals surface area contributed by atoms with Gasteiger partial charge in [-0.15, -0.1) is 0 Å². The third-order valence-electron chi connectivity index (χ3n) is 1.18. The van der Waals surface area contributed by atoms with Crippen molar-refractivity contribution >= 4 is 0 Å². The van der Waals surface area contributed by atoms with Crippen LogP contribution >= 0.6 is 0 Å². The van der Waals surface area contributed by atoms with Crippen molar-refractivity contribution in [2.24, 2.45) is 0 Å². The smallest absolute Gasteiger partial charge is 0.0299 e. The second kappa shape index (κ2) is 6.81. The molecule has 0 radical (unpaired) electrons. The maximum atomic E-state index is 3.59. The highest BCUT2D eigenvalue weighted by Gasteiger charge is 1.78. The number of hydrogen-bond acceptors (Lipinski definition) is 0. The molecule has 0 aliphatic carbocycles. The molecule has 11 heavy (non-hydrogen) atoms. The molecule has 0 aliphatic rings. The zero-order chi connectivity index (χ0) is 8.53. The predicted octanol–water partition coefficient (Wildman–Crippen LogP) is 3.42. The van der Waals surface area contributed by atoms with Crippen LogP contribution in [0.2, 0.25) is 0 Å². The van der Waals surface area contributed by atoms with E-state index in [4.69, 9.17) is 0 Å². The third kappa shape index (κ3) is 5.16. The van der Waals surface area contributed by atoms with Crippen molar-refractivity contribution in [1.29, 1.82) is 0 Å². The maximum absolute atomic E-state index is 3.59. The van der Waals surface area contributed by atoms with Crippen molar-refractivity contribution in [3.8, 4) is 0 Å². The SMILES string of the molecule is C=C/C=C\C(=CC)/C=C/C=C. The van der Waals surface area contributed by atoms with Crippen LogP contribution in [0.4, 0.5) is 0 Å². The van der Waals surface area contributed by atoms with Crippen LogP contribution < -0.4 is 0 Å². The van der Waals surface area contributed by atoms with E-state index in [1.54, 1.807) is 12.2 Å². The molecule has 0 aromatic carbocycles. The van der Waals surface area contributed by atoms with Crippen molar-refractivity contribution < 1.29 is 0 Å². The van der Waals surface area contributed by atoms with Crippen molar-refractivity contribution in [2.45, 2.75) is 6.92 Å². The highest BCUT2D eigenvalue weighted by atomic mass is 13.8. The molecule has 0 rings (SSSR count). The summed E-state index contributed by atoms with van der Waals surface area (Å²) in [6.45, 7) is 9.17. The Labute approximate surface area is 68.9 Å². The minimum atomic E-state index is 1.16. The quantitative estimate of drug-likeness (QED) is 0.533. The Balaban J connectivity index is 4.19. The third-order valence-corrected chi connectivity index (χ3v) is 1.18. The lowest BCUT2D eigenvalue weighted by Gasteiger charge is -1.87. The van der Waals surface area contributed by atoms with Crippen molar-refractivity contribution in [2.75, 3.05) is 0 Å². The van der Waals surface area contributed by atoms with Crippen LogP contribution in [0.15, 0.2) is 61.3 Å². The molecule has 0 saturated carbocycles. The summed E-state index contributed by atoms with van der Waals surface area (Å²) in [4.78, 5) is 0. The minimum Gasteiger partial charge on any atom is -0.0991 e. The summed E-state index contributed by atoms with van der Waals surface area (Å²) in [5, 5.41) is 0. The van der Waals surface area contributed by atoms with E-state index in [0.717, 1.165) is 5.57 Å². The van der Waals surface area contributed by atoms with Gasteiger partial charge >= 0.3 is 0 Å². The number of hydrogen-bond donors (Lipinski definition) is 0. The maximum Gasteiger partial charge on any atom is -0.0299 e. The van der Waals surface area contributed by atoms with E-state index in [2.05, 4.69) is 13.2 Å². The zero-order valence-corrected chi connectivity index (χ0v) is 6.96. The highest BCUT2D eigenvalue weighted by molar-refractivity contribution is 5.32. The van der Waals surface area contributed by atoms with Gasteiger partial charge < -0.3 is 0 Å². The topological polar surface area (TPSA) is 0 Å². The van der Waals surface area contributed by atoms with E-state index in [1.807, 2.05) is 37.3 Å². The normalized spacial score (nSPS) is 12.6. The summed E-state index contributed by atoms with van der Waals surface area (Å²) in [5.41, 5.74) is 1.16. The summed E-state index contributed by atoms with van der Waals surface area (Å²) in [7, 11) is 0. The first-order valence-corrected chi connectivity index (χ1v) is 3.59. The van der Waals surface area contributed by atoms with E-state index >= 15 is 0 Å². The molecule has 0 unspecified atom stereocenters. The summed E-state index contributed by atoms with van der Waals surface area (Å²) in [5.74, 6) is 0. The van der Waals surface area contributed by atoms with Crippen LogP contribution in [-0.2, 0) is 0 Å². The van der Waals surface area contributed by atoms with E-state index in [-0.39, 0.29) is 0 Å². The Kier molecular flexibility index (Phi) is 6.01. The Morgan fingerprint density at radius 2 is 1.45 bits per heavy atom. The van der Waals surface area contributed by atoms with E-state index in [1.165, 1.54) is 0 Å². The molecule has 0 aliphatic heterocycles. The molecule has 0 aromatic rings. The van der Waals surface area contributed by atoms with E-state index in [9.17, 15) is 0 Å². The second-order valence-electron chi connectivity index (χ2n) is 1.98. The molecule has 0 N–H and O–H groups in total. The molecule has 0 atom stereocenters. The standard InChI is InChI=1S/C11H14/c1-4-7-9-11(6-3)10-8-5-2/h4-10H,1-2H2,3H3/b9-7-,10-8+,11-6?. The molecule has 0 heteroatoms. The van der Waals surface area contributed by atoms with Crippen LogP contribution in [0.25, 0.3) is 0 Å². The summed E-state index contributed by atoms with van der Waals surface area (Å²) in [6.07, 6.45) is 13.3. The van der Waals surface area contributed by atoms with Gasteiger partial charge in [0.25, 0.3) is 0 Å². The first-order valence-electron chi connectivity index (χ1n) is 3.59. The monoisotopic (exact) mass is 146 g/mol. The minimum absolute atomic E-state index is 1.16. The lowest BCUT2D eigenvalue weighted by atomic mass is 10.2. The zero-order valence-electron chi connectivity index (χ0n) is 6.96. The fraction of sp³-hybridized carbons (Fsp3) is 0.0909. The molecule has 0 fully saturated rings. The Hall–Kier alpha value is -1.30. The van der Waals surface area contributed by atoms with Gasteiger partial charge in [0, 0.05) is 0 Å². The molecule has 0 saturated heterocycles. The van der Waals surface area contributed by atoms with Crippen molar-refractivity contribution in [3.05, 3.63) is 61.3 Å². The van der Waals surface area contributed by atoms with Crippen molar-refractivity contribution in [3.63, 3.8) is 0 Å². The van der Waals surface area contributed by atoms with Gasteiger partial charge in [0.05, 0.1) is 0 Å². The first-order chi connectivity index (χ1) is 5.35. The molecular weight excluding hydrogens is 132 g/mol. The van der Waals surface area contributed by atoms with Crippen LogP contribution in [-0.4, -0.2) is 0 Å². The van der Waals surface area contributed by atoms with Crippen LogP contribution in [0.1, 0.15) is 6.92 Å². The number of rotatable bonds is 4. The van der Waals surface area contributed by atoms with Gasteiger partial charge in [-0.25, -0.2) is 0 Å². The Morgan fingerprint density at radius 1 is 1.00 bits per heavy atom. The lowest BCUT2D eigenvalue weighted by Crippen LogP contribution is -1.67. The first kappa shape index (κ1) is 9.70. The summed E-state index contributed by atoms with van der Waals surface area (Å²) in [6, 6.07) is 0. The molecule has 0 aromatic heterocycles. The lowest BCUT2D eigenvalue weighted by molar-refractivity contribution is 1.60. The van der Waals surface area contributed by atoms with Gasteiger partial charge in [-0.2, -0.15) is 0 Å². The average Bonchev–Trinajstić information content (AvgIpc) is 2.05. The molecule has 0 amide bonds. The molecule has 0 heterocycles. The van der Waals surface area contributed by atoms with E-state index in [0.29, 0.717) is 0 Å². The molecule has 58 valence electrons.